The molecule has 1 rings (SSSR count). The van der Waals surface area contributed by atoms with Crippen molar-refractivity contribution in [3.63, 3.8) is 0 Å². The molecule has 1 aromatic carbocycles. The lowest BCUT2D eigenvalue weighted by atomic mass is 10.1. The van der Waals surface area contributed by atoms with E-state index in [1.807, 2.05) is 13.0 Å². The maximum absolute atomic E-state index is 12.5. The number of hydrogen-bond donors (Lipinski definition) is 1. The first-order valence-corrected chi connectivity index (χ1v) is 4.32. The van der Waals surface area contributed by atoms with Gasteiger partial charge in [-0.2, -0.15) is 0 Å². The fraction of sp³-hybridized carbons (Fsp3) is 0.273. The topological polar surface area (TPSA) is 26.0 Å². The van der Waals surface area contributed by atoms with E-state index in [0.717, 1.165) is 12.0 Å². The molecule has 70 valence electrons. The van der Waals surface area contributed by atoms with Gasteiger partial charge in [-0.3, -0.25) is 0 Å². The van der Waals surface area contributed by atoms with Gasteiger partial charge in [-0.1, -0.05) is 23.8 Å². The second-order valence-corrected chi connectivity index (χ2v) is 3.09. The highest BCUT2D eigenvalue weighted by atomic mass is 19.1. The second kappa shape index (κ2) is 4.77. The largest absolute Gasteiger partial charge is 0.327 e. The van der Waals surface area contributed by atoms with Gasteiger partial charge in [0.05, 0.1) is 0 Å². The van der Waals surface area contributed by atoms with E-state index in [0.29, 0.717) is 6.54 Å². The van der Waals surface area contributed by atoms with Gasteiger partial charge in [-0.05, 0) is 31.0 Å². The van der Waals surface area contributed by atoms with Gasteiger partial charge in [-0.25, -0.2) is 4.39 Å². The summed E-state index contributed by atoms with van der Waals surface area (Å²) in [6.07, 6.45) is 2.82. The minimum Gasteiger partial charge on any atom is -0.327 e. The summed E-state index contributed by atoms with van der Waals surface area (Å²) in [5.41, 5.74) is 7.70. The first-order chi connectivity index (χ1) is 6.22. The summed E-state index contributed by atoms with van der Waals surface area (Å²) >= 11 is 0. The van der Waals surface area contributed by atoms with Crippen molar-refractivity contribution in [2.75, 3.05) is 6.54 Å². The number of rotatable bonds is 3. The Hall–Kier alpha value is -1.15. The highest BCUT2D eigenvalue weighted by Gasteiger charge is 1.94. The fourth-order valence-corrected chi connectivity index (χ4v) is 1.20. The summed E-state index contributed by atoms with van der Waals surface area (Å²) < 4.78 is 12.5. The van der Waals surface area contributed by atoms with Crippen LogP contribution in [0.25, 0.3) is 0 Å². The molecule has 0 unspecified atom stereocenters. The van der Waals surface area contributed by atoms with Crippen LogP contribution in [0.15, 0.2) is 35.9 Å². The van der Waals surface area contributed by atoms with Gasteiger partial charge in [0.1, 0.15) is 5.82 Å². The normalized spacial score (nSPS) is 11.8. The Labute approximate surface area is 78.1 Å². The smallest absolute Gasteiger partial charge is 0.123 e. The van der Waals surface area contributed by atoms with Crippen molar-refractivity contribution in [3.8, 4) is 0 Å². The van der Waals surface area contributed by atoms with Gasteiger partial charge in [0.15, 0.2) is 0 Å². The second-order valence-electron chi connectivity index (χ2n) is 3.09. The summed E-state index contributed by atoms with van der Waals surface area (Å²) in [4.78, 5) is 0. The molecule has 1 nitrogen and oxygen atoms in total. The molecule has 0 saturated heterocycles. The zero-order valence-corrected chi connectivity index (χ0v) is 7.76. The number of hydrogen-bond acceptors (Lipinski definition) is 1. The van der Waals surface area contributed by atoms with Gasteiger partial charge in [-0.15, -0.1) is 0 Å². The Morgan fingerprint density at radius 1 is 1.38 bits per heavy atom. The van der Waals surface area contributed by atoms with Crippen LogP contribution in [-0.4, -0.2) is 6.54 Å². The summed E-state index contributed by atoms with van der Waals surface area (Å²) in [6, 6.07) is 6.54. The van der Waals surface area contributed by atoms with E-state index in [9.17, 15) is 4.39 Å². The first kappa shape index (κ1) is 9.93. The third kappa shape index (κ3) is 3.38. The van der Waals surface area contributed by atoms with Crippen molar-refractivity contribution in [2.24, 2.45) is 5.73 Å². The lowest BCUT2D eigenvalue weighted by molar-refractivity contribution is 0.627. The Bertz CT molecular complexity index is 287. The molecule has 0 fully saturated rings. The van der Waals surface area contributed by atoms with Gasteiger partial charge >= 0.3 is 0 Å². The van der Waals surface area contributed by atoms with E-state index in [1.54, 1.807) is 12.1 Å². The molecule has 0 atom stereocenters. The molecule has 0 aliphatic rings. The summed E-state index contributed by atoms with van der Waals surface area (Å²) in [7, 11) is 0. The monoisotopic (exact) mass is 179 g/mol. The van der Waals surface area contributed by atoms with Crippen molar-refractivity contribution in [1.29, 1.82) is 0 Å². The van der Waals surface area contributed by atoms with Crippen LogP contribution in [0.5, 0.6) is 0 Å². The molecule has 0 saturated carbocycles. The lowest BCUT2D eigenvalue weighted by Gasteiger charge is -2.00. The Kier molecular flexibility index (Phi) is 3.65. The number of halogens is 1. The van der Waals surface area contributed by atoms with E-state index in [2.05, 4.69) is 0 Å². The van der Waals surface area contributed by atoms with Crippen LogP contribution in [-0.2, 0) is 6.42 Å². The molecule has 0 heterocycles. The lowest BCUT2D eigenvalue weighted by Crippen LogP contribution is -1.96. The Morgan fingerprint density at radius 3 is 2.54 bits per heavy atom. The summed E-state index contributed by atoms with van der Waals surface area (Å²) in [5.74, 6) is -0.191. The Morgan fingerprint density at radius 2 is 2.00 bits per heavy atom. The number of allylic oxidation sites excluding steroid dienone is 1. The highest BCUT2D eigenvalue weighted by molar-refractivity contribution is 5.21. The molecule has 0 radical (unpaired) electrons. The number of nitrogens with two attached hydrogens (primary N) is 1. The van der Waals surface area contributed by atoms with Crippen LogP contribution in [0, 0.1) is 5.82 Å². The zero-order valence-electron chi connectivity index (χ0n) is 7.76. The highest BCUT2D eigenvalue weighted by Crippen LogP contribution is 2.08. The van der Waals surface area contributed by atoms with Crippen LogP contribution in [0.3, 0.4) is 0 Å². The molecule has 1 aromatic rings. The van der Waals surface area contributed by atoms with E-state index in [-0.39, 0.29) is 5.82 Å². The van der Waals surface area contributed by atoms with E-state index >= 15 is 0 Å². The standard InChI is InChI=1S/C11H14FN/c1-9(6-7-13)8-10-2-4-11(12)5-3-10/h2-6H,7-8,13H2,1H3/b9-6-. The van der Waals surface area contributed by atoms with Gasteiger partial charge in [0, 0.05) is 6.54 Å². The predicted molar refractivity (Wildman–Crippen MR) is 52.9 cm³/mol. The summed E-state index contributed by atoms with van der Waals surface area (Å²) in [6.45, 7) is 2.59. The molecule has 0 aliphatic carbocycles. The molecule has 2 N–H and O–H groups in total. The van der Waals surface area contributed by atoms with Crippen molar-refractivity contribution < 1.29 is 4.39 Å². The maximum atomic E-state index is 12.5. The van der Waals surface area contributed by atoms with Crippen molar-refractivity contribution >= 4 is 0 Å². The molecule has 13 heavy (non-hydrogen) atoms. The van der Waals surface area contributed by atoms with E-state index in [4.69, 9.17) is 5.73 Å². The SMILES string of the molecule is C/C(=C/CN)Cc1ccc(F)cc1. The fourth-order valence-electron chi connectivity index (χ4n) is 1.20. The third-order valence-corrected chi connectivity index (χ3v) is 1.86. The molecular formula is C11H14FN. The average molecular weight is 179 g/mol. The molecule has 0 bridgehead atoms. The van der Waals surface area contributed by atoms with Crippen molar-refractivity contribution in [2.45, 2.75) is 13.3 Å². The van der Waals surface area contributed by atoms with Gasteiger partial charge in [0.2, 0.25) is 0 Å². The molecule has 0 aromatic heterocycles. The van der Waals surface area contributed by atoms with Crippen LogP contribution in [0.1, 0.15) is 12.5 Å². The van der Waals surface area contributed by atoms with E-state index < -0.39 is 0 Å². The third-order valence-electron chi connectivity index (χ3n) is 1.86. The van der Waals surface area contributed by atoms with Gasteiger partial charge in [0.25, 0.3) is 0 Å². The average Bonchev–Trinajstić information content (AvgIpc) is 2.09. The van der Waals surface area contributed by atoms with Crippen LogP contribution >= 0.6 is 0 Å². The van der Waals surface area contributed by atoms with Crippen molar-refractivity contribution in [3.05, 3.63) is 47.3 Å². The van der Waals surface area contributed by atoms with E-state index in [1.165, 1.54) is 17.7 Å². The predicted octanol–water partition coefficient (Wildman–Crippen LogP) is 2.27. The molecular weight excluding hydrogens is 165 g/mol. The number of benzene rings is 1. The molecule has 2 heteroatoms. The zero-order chi connectivity index (χ0) is 9.68. The maximum Gasteiger partial charge on any atom is 0.123 e. The molecule has 0 aliphatic heterocycles. The van der Waals surface area contributed by atoms with Crippen molar-refractivity contribution in [1.82, 2.24) is 0 Å². The molecule has 0 spiro atoms. The minimum atomic E-state index is -0.191. The van der Waals surface area contributed by atoms with Gasteiger partial charge < -0.3 is 5.73 Å². The summed E-state index contributed by atoms with van der Waals surface area (Å²) in [5, 5.41) is 0. The minimum absolute atomic E-state index is 0.191. The van der Waals surface area contributed by atoms with Crippen LogP contribution in [0.4, 0.5) is 4.39 Å². The molecule has 0 amide bonds. The van der Waals surface area contributed by atoms with Crippen LogP contribution in [0.2, 0.25) is 0 Å². The van der Waals surface area contributed by atoms with Crippen LogP contribution < -0.4 is 5.73 Å². The quantitative estimate of drug-likeness (QED) is 0.708. The first-order valence-electron chi connectivity index (χ1n) is 4.32. The Balaban J connectivity index is 2.64.